The summed E-state index contributed by atoms with van der Waals surface area (Å²) in [5.74, 6) is -1.70. The molecule has 1 fully saturated rings. The van der Waals surface area contributed by atoms with E-state index >= 15 is 0 Å². The van der Waals surface area contributed by atoms with E-state index in [1.807, 2.05) is 0 Å². The number of hydrogen-bond donors (Lipinski definition) is 2. The Morgan fingerprint density at radius 2 is 1.67 bits per heavy atom. The molecule has 1 aliphatic rings. The van der Waals surface area contributed by atoms with E-state index in [4.69, 9.17) is 37.4 Å². The van der Waals surface area contributed by atoms with Gasteiger partial charge in [-0.25, -0.2) is 4.98 Å². The molecule has 0 aliphatic carbocycles. The fourth-order valence-corrected chi connectivity index (χ4v) is 6.12. The molecule has 2 heterocycles. The fraction of sp³-hybridized carbons (Fsp3) is 0.148. The number of amides is 1. The minimum absolute atomic E-state index is 0.00171. The largest absolute Gasteiger partial charge is 0.508 e. The number of aliphatic hydroxyl groups is 1. The highest BCUT2D eigenvalue weighted by atomic mass is 35.5. The minimum Gasteiger partial charge on any atom is -0.508 e. The normalized spacial score (nSPS) is 16.6. The van der Waals surface area contributed by atoms with Crippen molar-refractivity contribution in [1.29, 1.82) is 0 Å². The van der Waals surface area contributed by atoms with Crippen LogP contribution in [0.25, 0.3) is 16.0 Å². The number of halogens is 2. The number of phenolic OH excluding ortho intramolecular Hbond substituents is 1. The number of aromatic nitrogens is 1. The maximum absolute atomic E-state index is 13.5. The molecule has 0 radical (unpaired) electrons. The Kier molecular flexibility index (Phi) is 7.02. The number of ether oxygens (including phenoxy) is 3. The average Bonchev–Trinajstić information content (AvgIpc) is 3.46. The van der Waals surface area contributed by atoms with Gasteiger partial charge in [-0.15, -0.1) is 0 Å². The molecule has 3 aromatic carbocycles. The van der Waals surface area contributed by atoms with Crippen molar-refractivity contribution in [3.63, 3.8) is 0 Å². The monoisotopic (exact) mass is 586 g/mol. The van der Waals surface area contributed by atoms with Gasteiger partial charge >= 0.3 is 5.91 Å². The summed E-state index contributed by atoms with van der Waals surface area (Å²) in [4.78, 5) is 32.8. The number of nitrogens with zero attached hydrogens (tertiary/aromatic N) is 2. The van der Waals surface area contributed by atoms with Crippen LogP contribution in [0.5, 0.6) is 23.0 Å². The summed E-state index contributed by atoms with van der Waals surface area (Å²) < 4.78 is 16.7. The molecule has 1 aromatic heterocycles. The van der Waals surface area contributed by atoms with Crippen molar-refractivity contribution < 1.29 is 34.0 Å². The number of hydrogen-bond acceptors (Lipinski definition) is 9. The van der Waals surface area contributed by atoms with Crippen LogP contribution in [-0.2, 0) is 9.59 Å². The Morgan fingerprint density at radius 1 is 0.974 bits per heavy atom. The number of benzene rings is 3. The van der Waals surface area contributed by atoms with E-state index in [1.165, 1.54) is 48.7 Å². The zero-order valence-corrected chi connectivity index (χ0v) is 23.0. The van der Waals surface area contributed by atoms with E-state index < -0.39 is 23.5 Å². The second-order valence-electron chi connectivity index (χ2n) is 8.38. The number of aliphatic hydroxyl groups excluding tert-OH is 1. The number of fused-ring (bicyclic) bond motifs is 1. The molecular weight excluding hydrogens is 567 g/mol. The molecule has 200 valence electrons. The van der Waals surface area contributed by atoms with Gasteiger partial charge < -0.3 is 24.4 Å². The lowest BCUT2D eigenvalue weighted by Crippen LogP contribution is -2.29. The third kappa shape index (κ3) is 4.40. The number of carbonyl (C=O) groups excluding carboxylic acids is 2. The molecule has 0 bridgehead atoms. The Labute approximate surface area is 236 Å². The molecule has 4 aromatic rings. The van der Waals surface area contributed by atoms with Crippen LogP contribution in [0.2, 0.25) is 10.0 Å². The lowest BCUT2D eigenvalue weighted by Gasteiger charge is -2.23. The molecule has 5 rings (SSSR count). The first-order chi connectivity index (χ1) is 18.7. The van der Waals surface area contributed by atoms with E-state index in [-0.39, 0.29) is 43.6 Å². The molecule has 39 heavy (non-hydrogen) atoms. The quantitative estimate of drug-likeness (QED) is 0.161. The van der Waals surface area contributed by atoms with Gasteiger partial charge in [0.2, 0.25) is 0 Å². The number of thiazole rings is 1. The zero-order chi connectivity index (χ0) is 28.0. The maximum atomic E-state index is 13.5. The molecule has 1 saturated heterocycles. The van der Waals surface area contributed by atoms with Gasteiger partial charge in [-0.05, 0) is 42.0 Å². The van der Waals surface area contributed by atoms with Gasteiger partial charge in [-0.3, -0.25) is 14.5 Å². The molecule has 0 spiro atoms. The summed E-state index contributed by atoms with van der Waals surface area (Å²) in [6.07, 6.45) is 0. The van der Waals surface area contributed by atoms with Crippen LogP contribution in [0.1, 0.15) is 17.2 Å². The highest BCUT2D eigenvalue weighted by molar-refractivity contribution is 7.22. The van der Waals surface area contributed by atoms with E-state index in [0.29, 0.717) is 16.8 Å². The highest BCUT2D eigenvalue weighted by Crippen LogP contribution is 2.49. The topological polar surface area (TPSA) is 118 Å². The Morgan fingerprint density at radius 3 is 2.31 bits per heavy atom. The third-order valence-corrected chi connectivity index (χ3v) is 7.88. The summed E-state index contributed by atoms with van der Waals surface area (Å²) in [6, 6.07) is 11.4. The number of Topliss-reactive ketones (excluding diaryl/α,β-unsaturated/α-hetero) is 1. The standard InChI is InChI=1S/C27H20Cl2N2O7S/c1-36-14-8-9-17-18(10-14)39-27(30-17)31-21(12-4-6-13(32)7-5-12)19(23(34)26(31)35)22(33)15-11-16(28)25(38-3)20(29)24(15)37-2/h4-11,21,32-33H,1-3H3/b22-19+. The molecule has 1 atom stereocenters. The van der Waals surface area contributed by atoms with Crippen LogP contribution in [0.15, 0.2) is 54.1 Å². The number of anilines is 1. The van der Waals surface area contributed by atoms with Gasteiger partial charge in [0.25, 0.3) is 5.78 Å². The summed E-state index contributed by atoms with van der Waals surface area (Å²) in [6.45, 7) is 0. The van der Waals surface area contributed by atoms with E-state index in [9.17, 15) is 19.8 Å². The molecule has 1 unspecified atom stereocenters. The fourth-order valence-electron chi connectivity index (χ4n) is 4.42. The van der Waals surface area contributed by atoms with Gasteiger partial charge in [-0.2, -0.15) is 0 Å². The van der Waals surface area contributed by atoms with Gasteiger partial charge in [-0.1, -0.05) is 46.7 Å². The lowest BCUT2D eigenvalue weighted by molar-refractivity contribution is -0.132. The van der Waals surface area contributed by atoms with Crippen LogP contribution >= 0.6 is 34.5 Å². The Bertz CT molecular complexity index is 1670. The zero-order valence-electron chi connectivity index (χ0n) is 20.7. The van der Waals surface area contributed by atoms with Gasteiger partial charge in [0.05, 0.1) is 53.7 Å². The smallest absolute Gasteiger partial charge is 0.301 e. The van der Waals surface area contributed by atoms with Gasteiger partial charge in [0.1, 0.15) is 22.3 Å². The van der Waals surface area contributed by atoms with Gasteiger partial charge in [0, 0.05) is 0 Å². The predicted octanol–water partition coefficient (Wildman–Crippen LogP) is 5.96. The van der Waals surface area contributed by atoms with Crippen LogP contribution in [-0.4, -0.2) is 48.2 Å². The molecule has 12 heteroatoms. The van der Waals surface area contributed by atoms with Crippen molar-refractivity contribution in [1.82, 2.24) is 4.98 Å². The molecule has 9 nitrogen and oxygen atoms in total. The van der Waals surface area contributed by atoms with Crippen molar-refractivity contribution >= 4 is 67.3 Å². The minimum atomic E-state index is -1.10. The second kappa shape index (κ2) is 10.3. The number of rotatable bonds is 6. The summed E-state index contributed by atoms with van der Waals surface area (Å²) in [5, 5.41) is 21.7. The summed E-state index contributed by atoms with van der Waals surface area (Å²) in [5.41, 5.74) is 0.787. The predicted molar refractivity (Wildman–Crippen MR) is 149 cm³/mol. The molecule has 1 aliphatic heterocycles. The second-order valence-corrected chi connectivity index (χ2v) is 10.2. The average molecular weight is 587 g/mol. The van der Waals surface area contributed by atoms with Crippen molar-refractivity contribution in [3.05, 3.63) is 75.3 Å². The number of ketones is 1. The summed E-state index contributed by atoms with van der Waals surface area (Å²) >= 11 is 13.9. The van der Waals surface area contributed by atoms with E-state index in [0.717, 1.165) is 4.70 Å². The summed E-state index contributed by atoms with van der Waals surface area (Å²) in [7, 11) is 4.24. The number of methoxy groups -OCH3 is 3. The molecule has 0 saturated carbocycles. The Hall–Kier alpha value is -3.99. The number of phenols is 1. The van der Waals surface area contributed by atoms with Gasteiger partial charge in [0.15, 0.2) is 16.6 Å². The number of aromatic hydroxyl groups is 1. The van der Waals surface area contributed by atoms with E-state index in [1.54, 1.807) is 37.4 Å². The highest BCUT2D eigenvalue weighted by Gasteiger charge is 2.48. The Balaban J connectivity index is 1.76. The van der Waals surface area contributed by atoms with Crippen molar-refractivity contribution in [2.45, 2.75) is 6.04 Å². The number of carbonyl (C=O) groups is 2. The first-order valence-electron chi connectivity index (χ1n) is 11.3. The van der Waals surface area contributed by atoms with E-state index in [2.05, 4.69) is 4.98 Å². The third-order valence-electron chi connectivity index (χ3n) is 6.24. The first-order valence-corrected chi connectivity index (χ1v) is 12.9. The van der Waals surface area contributed by atoms with Crippen LogP contribution in [0.4, 0.5) is 5.13 Å². The van der Waals surface area contributed by atoms with Crippen LogP contribution < -0.4 is 19.1 Å². The molecule has 1 amide bonds. The van der Waals surface area contributed by atoms with Crippen molar-refractivity contribution in [3.8, 4) is 23.0 Å². The lowest BCUT2D eigenvalue weighted by atomic mass is 9.95. The maximum Gasteiger partial charge on any atom is 0.301 e. The van der Waals surface area contributed by atoms with Crippen molar-refractivity contribution in [2.75, 3.05) is 26.2 Å². The SMILES string of the molecule is COc1ccc2nc(N3C(=O)C(=O)/C(=C(/O)c4cc(Cl)c(OC)c(Cl)c4OC)C3c3ccc(O)cc3)sc2c1. The molecule has 2 N–H and O–H groups in total. The van der Waals surface area contributed by atoms with Crippen LogP contribution in [0.3, 0.4) is 0 Å². The molecular formula is C27H20Cl2N2O7S. The first kappa shape index (κ1) is 26.6. The van der Waals surface area contributed by atoms with Crippen molar-refractivity contribution in [2.24, 2.45) is 0 Å². The van der Waals surface area contributed by atoms with Crippen LogP contribution in [0, 0.1) is 0 Å².